The van der Waals surface area contributed by atoms with Gasteiger partial charge in [-0.3, -0.25) is 0 Å². The number of anilines is 2. The predicted octanol–water partition coefficient (Wildman–Crippen LogP) is 2.06. The number of aromatic nitrogens is 2. The Kier molecular flexibility index (Phi) is 2.45. The summed E-state index contributed by atoms with van der Waals surface area (Å²) in [6, 6.07) is 5.68. The van der Waals surface area contributed by atoms with Crippen LogP contribution in [0.2, 0.25) is 0 Å². The Balaban J connectivity index is 2.22. The maximum atomic E-state index is 13.0. The van der Waals surface area contributed by atoms with E-state index in [-0.39, 0.29) is 5.75 Å². The first-order valence-corrected chi connectivity index (χ1v) is 4.27. The number of halogens is 1. The maximum absolute atomic E-state index is 13.0. The minimum absolute atomic E-state index is 0.372. The van der Waals surface area contributed by atoms with Crippen LogP contribution in [-0.4, -0.2) is 15.1 Å². The summed E-state index contributed by atoms with van der Waals surface area (Å²) in [6.07, 6.45) is 2.96. The van der Waals surface area contributed by atoms with E-state index in [4.69, 9.17) is 5.11 Å². The lowest BCUT2D eigenvalue weighted by Gasteiger charge is -2.05. The van der Waals surface area contributed by atoms with Gasteiger partial charge in [-0.05, 0) is 18.2 Å². The second-order valence-electron chi connectivity index (χ2n) is 2.89. The van der Waals surface area contributed by atoms with E-state index in [1.54, 1.807) is 18.3 Å². The van der Waals surface area contributed by atoms with Gasteiger partial charge in [-0.1, -0.05) is 0 Å². The first kappa shape index (κ1) is 9.39. The monoisotopic (exact) mass is 205 g/mol. The van der Waals surface area contributed by atoms with E-state index in [0.29, 0.717) is 11.5 Å². The lowest BCUT2D eigenvalue weighted by Crippen LogP contribution is -1.93. The van der Waals surface area contributed by atoms with Crippen LogP contribution in [-0.2, 0) is 0 Å². The van der Waals surface area contributed by atoms with E-state index >= 15 is 0 Å². The van der Waals surface area contributed by atoms with Crippen LogP contribution in [0.4, 0.5) is 15.9 Å². The normalized spacial score (nSPS) is 9.93. The molecular weight excluding hydrogens is 197 g/mol. The largest absolute Gasteiger partial charge is 0.505 e. The fraction of sp³-hybridized carbons (Fsp3) is 0. The van der Waals surface area contributed by atoms with E-state index in [1.165, 1.54) is 18.5 Å². The zero-order valence-electron chi connectivity index (χ0n) is 7.68. The highest BCUT2D eigenvalue weighted by atomic mass is 19.1. The first-order chi connectivity index (χ1) is 7.25. The smallest absolute Gasteiger partial charge is 0.166 e. The Morgan fingerprint density at radius 2 is 2.13 bits per heavy atom. The molecule has 1 aromatic carbocycles. The molecule has 4 nitrogen and oxygen atoms in total. The molecule has 0 atom stereocenters. The Labute approximate surface area is 85.4 Å². The van der Waals surface area contributed by atoms with Crippen molar-refractivity contribution in [1.82, 2.24) is 9.97 Å². The Morgan fingerprint density at radius 1 is 1.27 bits per heavy atom. The van der Waals surface area contributed by atoms with Crippen LogP contribution in [0.25, 0.3) is 0 Å². The van der Waals surface area contributed by atoms with E-state index in [0.717, 1.165) is 0 Å². The molecule has 0 radical (unpaired) electrons. The van der Waals surface area contributed by atoms with Crippen LogP contribution in [0.15, 0.2) is 36.8 Å². The highest BCUT2D eigenvalue weighted by molar-refractivity contribution is 5.56. The third kappa shape index (κ3) is 2.19. The third-order valence-electron chi connectivity index (χ3n) is 1.80. The molecule has 1 heterocycles. The first-order valence-electron chi connectivity index (χ1n) is 4.27. The van der Waals surface area contributed by atoms with Gasteiger partial charge in [-0.25, -0.2) is 14.4 Å². The fourth-order valence-corrected chi connectivity index (χ4v) is 1.10. The van der Waals surface area contributed by atoms with E-state index in [2.05, 4.69) is 15.3 Å². The molecule has 5 heteroatoms. The van der Waals surface area contributed by atoms with Crippen LogP contribution < -0.4 is 5.32 Å². The minimum atomic E-state index is -0.672. The van der Waals surface area contributed by atoms with E-state index in [1.807, 2.05) is 0 Å². The third-order valence-corrected chi connectivity index (χ3v) is 1.80. The molecular formula is C10H8FN3O. The summed E-state index contributed by atoms with van der Waals surface area (Å²) >= 11 is 0. The summed E-state index contributed by atoms with van der Waals surface area (Å²) in [5, 5.41) is 11.9. The molecule has 0 bridgehead atoms. The van der Waals surface area contributed by atoms with Gasteiger partial charge in [0.2, 0.25) is 0 Å². The molecule has 0 fully saturated rings. The average molecular weight is 205 g/mol. The fourth-order valence-electron chi connectivity index (χ4n) is 1.10. The number of phenolic OH excluding ortho intramolecular Hbond substituents is 1. The summed E-state index contributed by atoms with van der Waals surface area (Å²) in [5.74, 6) is -0.479. The summed E-state index contributed by atoms with van der Waals surface area (Å²) in [4.78, 5) is 7.67. The Morgan fingerprint density at radius 3 is 2.80 bits per heavy atom. The molecule has 2 N–H and O–H groups in total. The van der Waals surface area contributed by atoms with Crippen molar-refractivity contribution in [3.8, 4) is 5.75 Å². The van der Waals surface area contributed by atoms with Crippen molar-refractivity contribution in [2.75, 3.05) is 5.32 Å². The quantitative estimate of drug-likeness (QED) is 0.737. The number of nitrogens with one attached hydrogen (secondary N) is 1. The van der Waals surface area contributed by atoms with Gasteiger partial charge in [0.25, 0.3) is 0 Å². The number of aromatic hydroxyl groups is 1. The molecule has 0 saturated heterocycles. The zero-order chi connectivity index (χ0) is 10.7. The van der Waals surface area contributed by atoms with Gasteiger partial charge in [0.1, 0.15) is 12.1 Å². The number of nitrogens with zero attached hydrogens (tertiary/aromatic N) is 2. The van der Waals surface area contributed by atoms with E-state index < -0.39 is 5.82 Å². The minimum Gasteiger partial charge on any atom is -0.505 e. The predicted molar refractivity (Wildman–Crippen MR) is 53.4 cm³/mol. The molecule has 0 amide bonds. The Bertz CT molecular complexity index is 461. The van der Waals surface area contributed by atoms with Gasteiger partial charge in [0.15, 0.2) is 11.6 Å². The summed E-state index contributed by atoms with van der Waals surface area (Å²) in [7, 11) is 0. The summed E-state index contributed by atoms with van der Waals surface area (Å²) in [6.45, 7) is 0. The van der Waals surface area contributed by atoms with Crippen molar-refractivity contribution in [2.24, 2.45) is 0 Å². The van der Waals surface area contributed by atoms with Gasteiger partial charge in [0.05, 0.1) is 0 Å². The van der Waals surface area contributed by atoms with Crippen LogP contribution in [0.5, 0.6) is 5.75 Å². The van der Waals surface area contributed by atoms with Crippen molar-refractivity contribution in [2.45, 2.75) is 0 Å². The van der Waals surface area contributed by atoms with Crippen LogP contribution in [0.3, 0.4) is 0 Å². The van der Waals surface area contributed by atoms with Crippen molar-refractivity contribution in [3.05, 3.63) is 42.6 Å². The van der Waals surface area contributed by atoms with Gasteiger partial charge < -0.3 is 10.4 Å². The van der Waals surface area contributed by atoms with Crippen molar-refractivity contribution >= 4 is 11.5 Å². The summed E-state index contributed by atoms with van der Waals surface area (Å²) < 4.78 is 13.0. The molecule has 0 aliphatic heterocycles. The van der Waals surface area contributed by atoms with Crippen molar-refractivity contribution in [1.29, 1.82) is 0 Å². The van der Waals surface area contributed by atoms with E-state index in [9.17, 15) is 4.39 Å². The van der Waals surface area contributed by atoms with Crippen molar-refractivity contribution in [3.63, 3.8) is 0 Å². The number of rotatable bonds is 2. The molecule has 2 aromatic rings. The Hall–Kier alpha value is -2.17. The highest BCUT2D eigenvalue weighted by Gasteiger charge is 2.01. The van der Waals surface area contributed by atoms with Gasteiger partial charge in [-0.2, -0.15) is 0 Å². The molecule has 0 saturated carbocycles. The molecule has 15 heavy (non-hydrogen) atoms. The van der Waals surface area contributed by atoms with Crippen LogP contribution in [0.1, 0.15) is 0 Å². The molecule has 2 rings (SSSR count). The lowest BCUT2D eigenvalue weighted by molar-refractivity contribution is 0.432. The standard InChI is InChI=1S/C10H8FN3O/c11-8-5-7(1-2-9(8)15)14-10-3-4-12-6-13-10/h1-6,15H,(H,12,13,14). The average Bonchev–Trinajstić information content (AvgIpc) is 2.25. The maximum Gasteiger partial charge on any atom is 0.166 e. The number of hydrogen-bond acceptors (Lipinski definition) is 4. The molecule has 76 valence electrons. The zero-order valence-corrected chi connectivity index (χ0v) is 7.68. The SMILES string of the molecule is Oc1ccc(Nc2ccncn2)cc1F. The van der Waals surface area contributed by atoms with Crippen molar-refractivity contribution < 1.29 is 9.50 Å². The van der Waals surface area contributed by atoms with Gasteiger partial charge >= 0.3 is 0 Å². The van der Waals surface area contributed by atoms with Gasteiger partial charge in [0, 0.05) is 18.0 Å². The number of benzene rings is 1. The second-order valence-corrected chi connectivity index (χ2v) is 2.89. The molecule has 0 aliphatic rings. The highest BCUT2D eigenvalue weighted by Crippen LogP contribution is 2.21. The lowest BCUT2D eigenvalue weighted by atomic mass is 10.3. The van der Waals surface area contributed by atoms with Crippen LogP contribution in [0, 0.1) is 5.82 Å². The second kappa shape index (κ2) is 3.91. The number of phenols is 1. The molecule has 0 unspecified atom stereocenters. The summed E-state index contributed by atoms with van der Waals surface area (Å²) in [5.41, 5.74) is 0.518. The topological polar surface area (TPSA) is 58.0 Å². The molecule has 1 aromatic heterocycles. The number of hydrogen-bond donors (Lipinski definition) is 2. The molecule has 0 spiro atoms. The van der Waals surface area contributed by atoms with Crippen LogP contribution >= 0.6 is 0 Å². The van der Waals surface area contributed by atoms with Gasteiger partial charge in [-0.15, -0.1) is 0 Å². The molecule has 0 aliphatic carbocycles.